The van der Waals surface area contributed by atoms with Gasteiger partial charge < -0.3 is 4.90 Å². The second-order valence-electron chi connectivity index (χ2n) is 7.69. The molecule has 6 aromatic rings. The van der Waals surface area contributed by atoms with E-state index in [1.54, 1.807) is 0 Å². The molecule has 30 heavy (non-hydrogen) atoms. The van der Waals surface area contributed by atoms with Gasteiger partial charge in [-0.3, -0.25) is 4.98 Å². The molecule has 0 radical (unpaired) electrons. The van der Waals surface area contributed by atoms with Crippen molar-refractivity contribution in [1.82, 2.24) is 4.98 Å². The SMILES string of the molecule is c1cncc(N2c3cc4sc5ccccc5c4cc3-c3cccc4cccc2c34)c1. The predicted octanol–water partition coefficient (Wildman–Crippen LogP) is 8.05. The summed E-state index contributed by atoms with van der Waals surface area (Å²) >= 11 is 1.86. The number of pyridine rings is 1. The number of thiophene rings is 1. The third-order valence-electron chi connectivity index (χ3n) is 6.05. The number of fused-ring (bicyclic) bond motifs is 5. The molecule has 140 valence electrons. The standard InChI is InChI=1S/C27H16N2S/c1-2-12-25-19(9-1)22-14-21-20-10-3-6-17-7-4-11-23(27(17)20)29(18-8-5-13-28-16-18)24(21)15-26(22)30-25/h1-16H. The third kappa shape index (κ3) is 2.10. The van der Waals surface area contributed by atoms with Gasteiger partial charge in [0, 0.05) is 37.3 Å². The number of benzene rings is 4. The Kier molecular flexibility index (Phi) is 3.18. The average molecular weight is 401 g/mol. The van der Waals surface area contributed by atoms with Crippen molar-refractivity contribution in [3.63, 3.8) is 0 Å². The van der Waals surface area contributed by atoms with Crippen LogP contribution in [-0.4, -0.2) is 4.98 Å². The molecule has 4 aromatic carbocycles. The summed E-state index contributed by atoms with van der Waals surface area (Å²) < 4.78 is 2.65. The van der Waals surface area contributed by atoms with Crippen LogP contribution < -0.4 is 4.90 Å². The zero-order valence-corrected chi connectivity index (χ0v) is 16.9. The summed E-state index contributed by atoms with van der Waals surface area (Å²) in [5.74, 6) is 0. The van der Waals surface area contributed by atoms with E-state index in [1.807, 2.05) is 29.8 Å². The van der Waals surface area contributed by atoms with Crippen molar-refractivity contribution in [1.29, 1.82) is 0 Å². The van der Waals surface area contributed by atoms with Gasteiger partial charge in [0.05, 0.1) is 23.3 Å². The molecule has 2 nitrogen and oxygen atoms in total. The lowest BCUT2D eigenvalue weighted by molar-refractivity contribution is 1.23. The lowest BCUT2D eigenvalue weighted by Crippen LogP contribution is -2.15. The normalized spacial score (nSPS) is 12.6. The largest absolute Gasteiger partial charge is 0.308 e. The molecule has 0 saturated carbocycles. The molecule has 0 bridgehead atoms. The molecule has 0 saturated heterocycles. The first-order valence-corrected chi connectivity index (χ1v) is 10.9. The Morgan fingerprint density at radius 2 is 1.57 bits per heavy atom. The first-order valence-electron chi connectivity index (χ1n) is 10.1. The second-order valence-corrected chi connectivity index (χ2v) is 8.77. The highest BCUT2D eigenvalue weighted by Gasteiger charge is 2.27. The van der Waals surface area contributed by atoms with Gasteiger partial charge in [-0.25, -0.2) is 0 Å². The summed E-state index contributed by atoms with van der Waals surface area (Å²) in [5, 5.41) is 5.23. The Morgan fingerprint density at radius 1 is 0.667 bits per heavy atom. The van der Waals surface area contributed by atoms with Crippen LogP contribution in [0.4, 0.5) is 17.1 Å². The van der Waals surface area contributed by atoms with E-state index in [9.17, 15) is 0 Å². The van der Waals surface area contributed by atoms with Crippen LogP contribution in [0.1, 0.15) is 0 Å². The van der Waals surface area contributed by atoms with Crippen molar-refractivity contribution in [2.24, 2.45) is 0 Å². The van der Waals surface area contributed by atoms with Gasteiger partial charge in [-0.2, -0.15) is 0 Å². The predicted molar refractivity (Wildman–Crippen MR) is 128 cm³/mol. The van der Waals surface area contributed by atoms with Crippen LogP contribution in [0.2, 0.25) is 0 Å². The third-order valence-corrected chi connectivity index (χ3v) is 7.19. The minimum atomic E-state index is 1.08. The number of nitrogens with zero attached hydrogens (tertiary/aromatic N) is 2. The van der Waals surface area contributed by atoms with Crippen molar-refractivity contribution in [2.75, 3.05) is 4.90 Å². The summed E-state index contributed by atoms with van der Waals surface area (Å²) in [6.07, 6.45) is 3.78. The first-order chi connectivity index (χ1) is 14.9. The van der Waals surface area contributed by atoms with Crippen LogP contribution in [0.5, 0.6) is 0 Å². The molecular weight excluding hydrogens is 384 g/mol. The van der Waals surface area contributed by atoms with Gasteiger partial charge in [0.1, 0.15) is 0 Å². The van der Waals surface area contributed by atoms with Gasteiger partial charge in [0.25, 0.3) is 0 Å². The van der Waals surface area contributed by atoms with E-state index in [0.717, 1.165) is 5.69 Å². The maximum absolute atomic E-state index is 4.41. The molecular formula is C27H16N2S. The van der Waals surface area contributed by atoms with Crippen LogP contribution in [0.15, 0.2) is 97.3 Å². The number of rotatable bonds is 1. The summed E-state index contributed by atoms with van der Waals surface area (Å²) in [7, 11) is 0. The molecule has 3 heteroatoms. The number of aromatic nitrogens is 1. The minimum Gasteiger partial charge on any atom is -0.308 e. The van der Waals surface area contributed by atoms with Gasteiger partial charge in [0.15, 0.2) is 0 Å². The average Bonchev–Trinajstić information content (AvgIpc) is 3.16. The van der Waals surface area contributed by atoms with E-state index in [2.05, 4.69) is 88.7 Å². The highest BCUT2D eigenvalue weighted by molar-refractivity contribution is 7.25. The van der Waals surface area contributed by atoms with E-state index in [-0.39, 0.29) is 0 Å². The molecule has 7 rings (SSSR count). The van der Waals surface area contributed by atoms with E-state index < -0.39 is 0 Å². The number of hydrogen-bond donors (Lipinski definition) is 0. The van der Waals surface area contributed by atoms with E-state index in [0.29, 0.717) is 0 Å². The van der Waals surface area contributed by atoms with Crippen molar-refractivity contribution < 1.29 is 0 Å². The summed E-state index contributed by atoms with van der Waals surface area (Å²) in [5.41, 5.74) is 6.09. The van der Waals surface area contributed by atoms with Crippen molar-refractivity contribution >= 4 is 59.3 Å². The highest BCUT2D eigenvalue weighted by Crippen LogP contribution is 2.52. The monoisotopic (exact) mass is 400 g/mol. The van der Waals surface area contributed by atoms with Crippen molar-refractivity contribution in [3.8, 4) is 11.1 Å². The summed E-state index contributed by atoms with van der Waals surface area (Å²) in [6.45, 7) is 0. The van der Waals surface area contributed by atoms with Gasteiger partial charge in [-0.05, 0) is 47.3 Å². The highest BCUT2D eigenvalue weighted by atomic mass is 32.1. The molecule has 0 spiro atoms. The molecule has 0 amide bonds. The molecule has 2 aromatic heterocycles. The van der Waals surface area contributed by atoms with Crippen molar-refractivity contribution in [3.05, 3.63) is 97.3 Å². The van der Waals surface area contributed by atoms with Crippen LogP contribution in [-0.2, 0) is 0 Å². The lowest BCUT2D eigenvalue weighted by atomic mass is 9.90. The van der Waals surface area contributed by atoms with Gasteiger partial charge in [-0.15, -0.1) is 11.3 Å². The molecule has 3 heterocycles. The van der Waals surface area contributed by atoms with E-state index in [4.69, 9.17) is 0 Å². The van der Waals surface area contributed by atoms with E-state index >= 15 is 0 Å². The van der Waals surface area contributed by atoms with Crippen LogP contribution in [0.3, 0.4) is 0 Å². The van der Waals surface area contributed by atoms with Crippen LogP contribution in [0.25, 0.3) is 42.1 Å². The topological polar surface area (TPSA) is 16.1 Å². The van der Waals surface area contributed by atoms with Gasteiger partial charge >= 0.3 is 0 Å². The molecule has 1 aliphatic heterocycles. The fourth-order valence-electron chi connectivity index (χ4n) is 4.79. The zero-order chi connectivity index (χ0) is 19.7. The van der Waals surface area contributed by atoms with Gasteiger partial charge in [0.2, 0.25) is 0 Å². The van der Waals surface area contributed by atoms with Crippen LogP contribution >= 0.6 is 11.3 Å². The second kappa shape index (κ2) is 5.91. The first kappa shape index (κ1) is 16.1. The van der Waals surface area contributed by atoms with Crippen molar-refractivity contribution in [2.45, 2.75) is 0 Å². The molecule has 0 unspecified atom stereocenters. The minimum absolute atomic E-state index is 1.08. The number of hydrogen-bond acceptors (Lipinski definition) is 3. The Bertz CT molecular complexity index is 1590. The lowest BCUT2D eigenvalue weighted by Gasteiger charge is -2.33. The molecule has 0 fully saturated rings. The maximum Gasteiger partial charge on any atom is 0.0645 e. The Morgan fingerprint density at radius 3 is 2.47 bits per heavy atom. The van der Waals surface area contributed by atoms with E-state index in [1.165, 1.54) is 53.4 Å². The summed E-state index contributed by atoms with van der Waals surface area (Å²) in [4.78, 5) is 6.77. The summed E-state index contributed by atoms with van der Waals surface area (Å²) in [6, 6.07) is 30.8. The number of anilines is 3. The quantitative estimate of drug-likeness (QED) is 0.277. The van der Waals surface area contributed by atoms with Gasteiger partial charge in [-0.1, -0.05) is 48.5 Å². The smallest absolute Gasteiger partial charge is 0.0645 e. The Balaban J connectivity index is 1.67. The molecule has 0 aliphatic carbocycles. The fraction of sp³-hybridized carbons (Fsp3) is 0. The Labute approximate surface area is 177 Å². The molecule has 1 aliphatic rings. The zero-order valence-electron chi connectivity index (χ0n) is 16.0. The maximum atomic E-state index is 4.41. The molecule has 0 N–H and O–H groups in total. The fourth-order valence-corrected chi connectivity index (χ4v) is 5.91. The van der Waals surface area contributed by atoms with Crippen LogP contribution in [0, 0.1) is 0 Å². The Hall–Kier alpha value is -3.69. The molecule has 0 atom stereocenters.